The first kappa shape index (κ1) is 15.8. The van der Waals surface area contributed by atoms with Crippen LogP contribution in [0.15, 0.2) is 35.1 Å². The van der Waals surface area contributed by atoms with Crippen molar-refractivity contribution in [3.63, 3.8) is 0 Å². The number of hydrogen-bond acceptors (Lipinski definition) is 3. The summed E-state index contributed by atoms with van der Waals surface area (Å²) >= 11 is 7.18. The van der Waals surface area contributed by atoms with Gasteiger partial charge in [-0.25, -0.2) is 0 Å². The van der Waals surface area contributed by atoms with Crippen molar-refractivity contribution in [2.45, 2.75) is 39.2 Å². The molecular formula is C19H20N2OS2. The number of nitrogens with zero attached hydrogens (tertiary/aromatic N) is 1. The van der Waals surface area contributed by atoms with Crippen molar-refractivity contribution in [2.24, 2.45) is 5.92 Å². The normalized spacial score (nSPS) is 17.1. The van der Waals surface area contributed by atoms with E-state index in [0.29, 0.717) is 17.2 Å². The van der Waals surface area contributed by atoms with Gasteiger partial charge in [0.2, 0.25) is 0 Å². The molecule has 2 aromatic heterocycles. The van der Waals surface area contributed by atoms with Gasteiger partial charge < -0.3 is 4.98 Å². The van der Waals surface area contributed by atoms with E-state index in [1.807, 2.05) is 18.2 Å². The average Bonchev–Trinajstić information content (AvgIpc) is 2.92. The highest BCUT2D eigenvalue weighted by Crippen LogP contribution is 2.35. The van der Waals surface area contributed by atoms with Crippen molar-refractivity contribution < 1.29 is 0 Å². The van der Waals surface area contributed by atoms with E-state index in [4.69, 9.17) is 12.2 Å². The van der Waals surface area contributed by atoms with Gasteiger partial charge in [0.1, 0.15) is 4.83 Å². The Morgan fingerprint density at radius 2 is 2.12 bits per heavy atom. The summed E-state index contributed by atoms with van der Waals surface area (Å²) in [5.41, 5.74) is 2.56. The van der Waals surface area contributed by atoms with Gasteiger partial charge in [0.15, 0.2) is 4.77 Å². The number of fused-ring (bicyclic) bond motifs is 3. The van der Waals surface area contributed by atoms with E-state index in [1.54, 1.807) is 15.9 Å². The van der Waals surface area contributed by atoms with Crippen molar-refractivity contribution in [3.8, 4) is 0 Å². The summed E-state index contributed by atoms with van der Waals surface area (Å²) in [6, 6.07) is 10.2. The maximum Gasteiger partial charge on any atom is 0.263 e. The Kier molecular flexibility index (Phi) is 4.14. The number of H-pyrrole nitrogens is 1. The van der Waals surface area contributed by atoms with Crippen LogP contribution in [-0.4, -0.2) is 9.55 Å². The zero-order valence-electron chi connectivity index (χ0n) is 13.7. The molecule has 3 aromatic rings. The summed E-state index contributed by atoms with van der Waals surface area (Å²) in [7, 11) is 0. The standard InChI is InChI=1S/C19H20N2OS2/c1-12-7-8-14-15(11-12)24-17-16(14)18(22)21(19(23)20-17)10-9-13-5-3-2-4-6-13/h2-6,12H,7-11H2,1H3,(H,20,23)/t12-/m1/s1. The fourth-order valence-corrected chi connectivity index (χ4v) is 5.29. The smallest absolute Gasteiger partial charge is 0.263 e. The van der Waals surface area contributed by atoms with Crippen molar-refractivity contribution in [3.05, 3.63) is 61.5 Å². The van der Waals surface area contributed by atoms with Crippen molar-refractivity contribution in [1.82, 2.24) is 9.55 Å². The minimum Gasteiger partial charge on any atom is -0.323 e. The molecule has 0 saturated carbocycles. The SMILES string of the molecule is C[C@@H]1CCc2c(sc3[nH]c(=S)n(CCc4ccccc4)c(=O)c23)C1. The van der Waals surface area contributed by atoms with Gasteiger partial charge in [0.05, 0.1) is 5.39 Å². The van der Waals surface area contributed by atoms with E-state index in [9.17, 15) is 4.79 Å². The molecule has 0 fully saturated rings. The lowest BCUT2D eigenvalue weighted by molar-refractivity contribution is 0.509. The van der Waals surface area contributed by atoms with E-state index < -0.39 is 0 Å². The van der Waals surface area contributed by atoms with Crippen LogP contribution >= 0.6 is 23.6 Å². The number of hydrogen-bond donors (Lipinski definition) is 1. The molecule has 1 aromatic carbocycles. The maximum absolute atomic E-state index is 13.1. The van der Waals surface area contributed by atoms with E-state index in [2.05, 4.69) is 24.0 Å². The summed E-state index contributed by atoms with van der Waals surface area (Å²) < 4.78 is 2.27. The molecule has 1 atom stereocenters. The second-order valence-electron chi connectivity index (χ2n) is 6.68. The minimum atomic E-state index is 0.0803. The Labute approximate surface area is 150 Å². The average molecular weight is 357 g/mol. The maximum atomic E-state index is 13.1. The molecule has 5 heteroatoms. The summed E-state index contributed by atoms with van der Waals surface area (Å²) in [4.78, 5) is 18.7. The van der Waals surface area contributed by atoms with Gasteiger partial charge in [-0.05, 0) is 54.9 Å². The first-order valence-electron chi connectivity index (χ1n) is 8.45. The fraction of sp³-hybridized carbons (Fsp3) is 0.368. The van der Waals surface area contributed by atoms with Gasteiger partial charge in [-0.2, -0.15) is 0 Å². The van der Waals surface area contributed by atoms with Crippen LogP contribution in [0.5, 0.6) is 0 Å². The highest BCUT2D eigenvalue weighted by atomic mass is 32.1. The molecular weight excluding hydrogens is 336 g/mol. The summed E-state index contributed by atoms with van der Waals surface area (Å²) in [5.74, 6) is 0.703. The van der Waals surface area contributed by atoms with Crippen LogP contribution in [0.4, 0.5) is 0 Å². The first-order chi connectivity index (χ1) is 11.6. The Hall–Kier alpha value is -1.72. The second-order valence-corrected chi connectivity index (χ2v) is 8.17. The Balaban J connectivity index is 1.76. The lowest BCUT2D eigenvalue weighted by atomic mass is 9.89. The quantitative estimate of drug-likeness (QED) is 0.702. The number of thiophene rings is 1. The van der Waals surface area contributed by atoms with Gasteiger partial charge in [0.25, 0.3) is 5.56 Å². The van der Waals surface area contributed by atoms with E-state index in [0.717, 1.165) is 35.9 Å². The number of aromatic nitrogens is 2. The van der Waals surface area contributed by atoms with Crippen LogP contribution < -0.4 is 5.56 Å². The molecule has 0 saturated heterocycles. The van der Waals surface area contributed by atoms with E-state index >= 15 is 0 Å². The number of benzene rings is 1. The summed E-state index contributed by atoms with van der Waals surface area (Å²) in [6.45, 7) is 2.91. The lowest BCUT2D eigenvalue weighted by Crippen LogP contribution is -2.24. The molecule has 0 aliphatic heterocycles. The molecule has 1 aliphatic carbocycles. The van der Waals surface area contributed by atoms with Crippen LogP contribution in [0.25, 0.3) is 10.2 Å². The molecule has 0 spiro atoms. The van der Waals surface area contributed by atoms with Crippen molar-refractivity contribution in [1.29, 1.82) is 0 Å². The first-order valence-corrected chi connectivity index (χ1v) is 9.67. The number of rotatable bonds is 3. The van der Waals surface area contributed by atoms with Crippen LogP contribution in [0.2, 0.25) is 0 Å². The van der Waals surface area contributed by atoms with Crippen molar-refractivity contribution in [2.75, 3.05) is 0 Å². The van der Waals surface area contributed by atoms with Gasteiger partial charge >= 0.3 is 0 Å². The van der Waals surface area contributed by atoms with Crippen LogP contribution in [-0.2, 0) is 25.8 Å². The largest absolute Gasteiger partial charge is 0.323 e. The number of aromatic amines is 1. The second kappa shape index (κ2) is 6.30. The monoisotopic (exact) mass is 356 g/mol. The topological polar surface area (TPSA) is 37.8 Å². The van der Waals surface area contributed by atoms with Gasteiger partial charge in [0, 0.05) is 11.4 Å². The van der Waals surface area contributed by atoms with E-state index in [1.165, 1.54) is 16.0 Å². The predicted octanol–water partition coefficient (Wildman–Crippen LogP) is 4.49. The van der Waals surface area contributed by atoms with Crippen molar-refractivity contribution >= 4 is 33.8 Å². The highest BCUT2D eigenvalue weighted by molar-refractivity contribution is 7.71. The number of aryl methyl sites for hydroxylation is 2. The van der Waals surface area contributed by atoms with Gasteiger partial charge in [-0.15, -0.1) is 11.3 Å². The molecule has 1 N–H and O–H groups in total. The van der Waals surface area contributed by atoms with Crippen LogP contribution in [0, 0.1) is 10.7 Å². The molecule has 0 unspecified atom stereocenters. The van der Waals surface area contributed by atoms with Crippen LogP contribution in [0.1, 0.15) is 29.3 Å². The molecule has 0 amide bonds. The zero-order valence-corrected chi connectivity index (χ0v) is 15.3. The minimum absolute atomic E-state index is 0.0803. The molecule has 0 bridgehead atoms. The van der Waals surface area contributed by atoms with Crippen LogP contribution in [0.3, 0.4) is 0 Å². The molecule has 0 radical (unpaired) electrons. The third-order valence-electron chi connectivity index (χ3n) is 4.90. The lowest BCUT2D eigenvalue weighted by Gasteiger charge is -2.17. The molecule has 4 rings (SSSR count). The Morgan fingerprint density at radius 3 is 2.92 bits per heavy atom. The number of nitrogens with one attached hydrogen (secondary N) is 1. The Bertz CT molecular complexity index is 998. The van der Waals surface area contributed by atoms with Gasteiger partial charge in [-0.3, -0.25) is 9.36 Å². The van der Waals surface area contributed by atoms with E-state index in [-0.39, 0.29) is 5.56 Å². The molecule has 3 nitrogen and oxygen atoms in total. The molecule has 1 aliphatic rings. The third-order valence-corrected chi connectivity index (χ3v) is 6.40. The Morgan fingerprint density at radius 1 is 1.33 bits per heavy atom. The predicted molar refractivity (Wildman–Crippen MR) is 103 cm³/mol. The molecule has 24 heavy (non-hydrogen) atoms. The third kappa shape index (κ3) is 2.76. The van der Waals surface area contributed by atoms with Gasteiger partial charge in [-0.1, -0.05) is 37.3 Å². The molecule has 2 heterocycles. The molecule has 124 valence electrons. The summed E-state index contributed by atoms with van der Waals surface area (Å²) in [5, 5.41) is 0.878. The summed E-state index contributed by atoms with van der Waals surface area (Å²) in [6.07, 6.45) is 4.07. The highest BCUT2D eigenvalue weighted by Gasteiger charge is 2.23. The zero-order chi connectivity index (χ0) is 16.7. The fourth-order valence-electron chi connectivity index (χ4n) is 3.55.